The molecule has 0 aliphatic carbocycles. The number of likely N-dealkylation sites (N-methyl/N-ethyl adjacent to an activating group) is 1. The fraction of sp³-hybridized carbons (Fsp3) is 0.250. The van der Waals surface area contributed by atoms with Crippen molar-refractivity contribution in [3.63, 3.8) is 0 Å². The van der Waals surface area contributed by atoms with E-state index in [1.165, 1.54) is 0 Å². The van der Waals surface area contributed by atoms with Gasteiger partial charge in [-0.25, -0.2) is 0 Å². The molecule has 0 saturated heterocycles. The molecule has 1 atom stereocenters. The lowest BCUT2D eigenvalue weighted by Crippen LogP contribution is -2.19. The predicted octanol–water partition coefficient (Wildman–Crippen LogP) is 4.51. The number of nitrogens with one attached hydrogen (secondary N) is 1. The molecule has 0 heterocycles. The van der Waals surface area contributed by atoms with Gasteiger partial charge in [0.15, 0.2) is 0 Å². The lowest BCUT2D eigenvalue weighted by atomic mass is 9.98. The highest BCUT2D eigenvalue weighted by Gasteiger charge is 2.16. The van der Waals surface area contributed by atoms with E-state index in [0.717, 1.165) is 23.3 Å². The number of hydrogen-bond donors (Lipinski definition) is 1. The highest BCUT2D eigenvalue weighted by atomic mass is 35.5. The van der Waals surface area contributed by atoms with Gasteiger partial charge in [0, 0.05) is 21.7 Å². The number of benzene rings is 2. The second-order valence-electron chi connectivity index (χ2n) is 4.52. The van der Waals surface area contributed by atoms with Crippen LogP contribution in [0.15, 0.2) is 42.5 Å². The SMILES string of the molecule is CNC(Cc1ccc(Cl)cc1Cl)c1ccccc1OC. The van der Waals surface area contributed by atoms with Crippen LogP contribution in [-0.2, 0) is 6.42 Å². The summed E-state index contributed by atoms with van der Waals surface area (Å²) < 4.78 is 5.42. The van der Waals surface area contributed by atoms with Gasteiger partial charge in [-0.2, -0.15) is 0 Å². The van der Waals surface area contributed by atoms with Crippen LogP contribution in [0.1, 0.15) is 17.2 Å². The zero-order chi connectivity index (χ0) is 14.5. The topological polar surface area (TPSA) is 21.3 Å². The van der Waals surface area contributed by atoms with Crippen LogP contribution >= 0.6 is 23.2 Å². The van der Waals surface area contributed by atoms with Gasteiger partial charge < -0.3 is 10.1 Å². The van der Waals surface area contributed by atoms with Crippen molar-refractivity contribution in [1.82, 2.24) is 5.32 Å². The Morgan fingerprint density at radius 2 is 1.90 bits per heavy atom. The van der Waals surface area contributed by atoms with Gasteiger partial charge in [-0.15, -0.1) is 0 Å². The van der Waals surface area contributed by atoms with Gasteiger partial charge in [0.1, 0.15) is 5.75 Å². The van der Waals surface area contributed by atoms with Gasteiger partial charge in [-0.05, 0) is 37.2 Å². The van der Waals surface area contributed by atoms with Gasteiger partial charge in [0.05, 0.1) is 7.11 Å². The first-order valence-electron chi connectivity index (χ1n) is 6.39. The molecule has 0 radical (unpaired) electrons. The number of para-hydroxylation sites is 1. The molecule has 2 aromatic carbocycles. The summed E-state index contributed by atoms with van der Waals surface area (Å²) in [6.07, 6.45) is 0.771. The number of methoxy groups -OCH3 is 1. The molecule has 106 valence electrons. The second kappa shape index (κ2) is 6.98. The maximum Gasteiger partial charge on any atom is 0.123 e. The molecule has 0 aliphatic heterocycles. The molecule has 2 rings (SSSR count). The van der Waals surface area contributed by atoms with Crippen LogP contribution < -0.4 is 10.1 Å². The van der Waals surface area contributed by atoms with Crippen molar-refractivity contribution in [2.24, 2.45) is 0 Å². The lowest BCUT2D eigenvalue weighted by molar-refractivity contribution is 0.401. The Balaban J connectivity index is 2.29. The van der Waals surface area contributed by atoms with Crippen LogP contribution in [0.3, 0.4) is 0 Å². The summed E-state index contributed by atoms with van der Waals surface area (Å²) in [5.74, 6) is 0.872. The largest absolute Gasteiger partial charge is 0.496 e. The van der Waals surface area contributed by atoms with Crippen LogP contribution in [0.5, 0.6) is 5.75 Å². The minimum Gasteiger partial charge on any atom is -0.496 e. The van der Waals surface area contributed by atoms with Crippen LogP contribution in [-0.4, -0.2) is 14.2 Å². The average molecular weight is 310 g/mol. The van der Waals surface area contributed by atoms with E-state index in [-0.39, 0.29) is 6.04 Å². The van der Waals surface area contributed by atoms with Gasteiger partial charge >= 0.3 is 0 Å². The van der Waals surface area contributed by atoms with Crippen LogP contribution in [0, 0.1) is 0 Å². The quantitative estimate of drug-likeness (QED) is 0.877. The van der Waals surface area contributed by atoms with Crippen molar-refractivity contribution >= 4 is 23.2 Å². The number of ether oxygens (including phenoxy) is 1. The molecule has 1 N–H and O–H groups in total. The first kappa shape index (κ1) is 15.2. The van der Waals surface area contributed by atoms with Crippen LogP contribution in [0.2, 0.25) is 10.0 Å². The minimum absolute atomic E-state index is 0.129. The molecule has 1 unspecified atom stereocenters. The average Bonchev–Trinajstić information content (AvgIpc) is 2.46. The maximum absolute atomic E-state index is 6.25. The summed E-state index contributed by atoms with van der Waals surface area (Å²) in [6.45, 7) is 0. The van der Waals surface area contributed by atoms with Crippen molar-refractivity contribution in [3.05, 3.63) is 63.6 Å². The molecular weight excluding hydrogens is 293 g/mol. The highest BCUT2D eigenvalue weighted by molar-refractivity contribution is 6.35. The summed E-state index contributed by atoms with van der Waals surface area (Å²) in [5.41, 5.74) is 2.17. The molecule has 0 spiro atoms. The zero-order valence-electron chi connectivity index (χ0n) is 11.5. The molecular formula is C16H17Cl2NO. The molecule has 20 heavy (non-hydrogen) atoms. The van der Waals surface area contributed by atoms with Crippen molar-refractivity contribution < 1.29 is 4.74 Å². The van der Waals surface area contributed by atoms with E-state index in [4.69, 9.17) is 27.9 Å². The van der Waals surface area contributed by atoms with E-state index < -0.39 is 0 Å². The third-order valence-electron chi connectivity index (χ3n) is 3.30. The molecule has 0 aliphatic rings. The number of rotatable bonds is 5. The van der Waals surface area contributed by atoms with E-state index in [1.54, 1.807) is 13.2 Å². The summed E-state index contributed by atoms with van der Waals surface area (Å²) in [6, 6.07) is 13.7. The molecule has 0 amide bonds. The summed E-state index contributed by atoms with van der Waals surface area (Å²) in [7, 11) is 3.61. The first-order valence-corrected chi connectivity index (χ1v) is 7.15. The predicted molar refractivity (Wildman–Crippen MR) is 85.0 cm³/mol. The smallest absolute Gasteiger partial charge is 0.123 e. The third kappa shape index (κ3) is 3.45. The van der Waals surface area contributed by atoms with E-state index in [2.05, 4.69) is 11.4 Å². The van der Waals surface area contributed by atoms with Crippen molar-refractivity contribution in [1.29, 1.82) is 0 Å². The summed E-state index contributed by atoms with van der Waals surface area (Å²) in [5, 5.41) is 4.65. The highest BCUT2D eigenvalue weighted by Crippen LogP contribution is 2.30. The van der Waals surface area contributed by atoms with Gasteiger partial charge in [0.2, 0.25) is 0 Å². The second-order valence-corrected chi connectivity index (χ2v) is 5.37. The van der Waals surface area contributed by atoms with E-state index in [1.807, 2.05) is 37.4 Å². The Labute approximate surface area is 129 Å². The Hall–Kier alpha value is -1.22. The van der Waals surface area contributed by atoms with Crippen molar-refractivity contribution in [2.75, 3.05) is 14.2 Å². The molecule has 2 nitrogen and oxygen atoms in total. The Morgan fingerprint density at radius 1 is 1.15 bits per heavy atom. The fourth-order valence-electron chi connectivity index (χ4n) is 2.23. The van der Waals surface area contributed by atoms with Gasteiger partial charge in [-0.1, -0.05) is 47.5 Å². The molecule has 0 fully saturated rings. The zero-order valence-corrected chi connectivity index (χ0v) is 13.0. The normalized spacial score (nSPS) is 12.2. The Kier molecular flexibility index (Phi) is 5.30. The molecule has 4 heteroatoms. The van der Waals surface area contributed by atoms with E-state index >= 15 is 0 Å². The molecule has 0 saturated carbocycles. The molecule has 2 aromatic rings. The Morgan fingerprint density at radius 3 is 2.55 bits per heavy atom. The van der Waals surface area contributed by atoms with E-state index in [0.29, 0.717) is 10.0 Å². The Bertz CT molecular complexity index is 586. The minimum atomic E-state index is 0.129. The number of hydrogen-bond acceptors (Lipinski definition) is 2. The van der Waals surface area contributed by atoms with Crippen molar-refractivity contribution in [3.8, 4) is 5.75 Å². The number of halogens is 2. The van der Waals surface area contributed by atoms with Gasteiger partial charge in [0.25, 0.3) is 0 Å². The van der Waals surface area contributed by atoms with Crippen LogP contribution in [0.4, 0.5) is 0 Å². The maximum atomic E-state index is 6.25. The first-order chi connectivity index (χ1) is 9.65. The van der Waals surface area contributed by atoms with E-state index in [9.17, 15) is 0 Å². The molecule has 0 bridgehead atoms. The third-order valence-corrected chi connectivity index (χ3v) is 3.89. The molecule has 0 aromatic heterocycles. The fourth-order valence-corrected chi connectivity index (χ4v) is 2.71. The lowest BCUT2D eigenvalue weighted by Gasteiger charge is -2.20. The van der Waals surface area contributed by atoms with Crippen LogP contribution in [0.25, 0.3) is 0 Å². The summed E-state index contributed by atoms with van der Waals surface area (Å²) >= 11 is 12.2. The van der Waals surface area contributed by atoms with Crippen molar-refractivity contribution in [2.45, 2.75) is 12.5 Å². The van der Waals surface area contributed by atoms with Gasteiger partial charge in [-0.3, -0.25) is 0 Å². The standard InChI is InChI=1S/C16H17Cl2NO/c1-19-15(13-5-3-4-6-16(13)20-2)9-11-7-8-12(17)10-14(11)18/h3-8,10,15,19H,9H2,1-2H3. The monoisotopic (exact) mass is 309 g/mol. The summed E-state index contributed by atoms with van der Waals surface area (Å²) in [4.78, 5) is 0.